The van der Waals surface area contributed by atoms with Gasteiger partial charge in [0.15, 0.2) is 0 Å². The molecule has 2 aliphatic rings. The second-order valence-electron chi connectivity index (χ2n) is 9.53. The highest BCUT2D eigenvalue weighted by Crippen LogP contribution is 2.34. The van der Waals surface area contributed by atoms with Gasteiger partial charge in [-0.2, -0.15) is 0 Å². The monoisotopic (exact) mass is 482 g/mol. The van der Waals surface area contributed by atoms with Crippen LogP contribution in [0.5, 0.6) is 17.2 Å². The normalized spacial score (nSPS) is 15.3. The first-order valence-corrected chi connectivity index (χ1v) is 12.3. The van der Waals surface area contributed by atoms with Gasteiger partial charge in [0, 0.05) is 49.0 Å². The van der Waals surface area contributed by atoms with Crippen molar-refractivity contribution in [1.29, 1.82) is 0 Å². The summed E-state index contributed by atoms with van der Waals surface area (Å²) in [7, 11) is 3.82. The molecule has 4 aromatic rings. The quantitative estimate of drug-likeness (QED) is 0.361. The van der Waals surface area contributed by atoms with Crippen molar-refractivity contribution < 1.29 is 9.47 Å². The smallest absolute Gasteiger partial charge is 0.227 e. The Hall–Kier alpha value is -3.88. The van der Waals surface area contributed by atoms with E-state index in [9.17, 15) is 0 Å². The summed E-state index contributed by atoms with van der Waals surface area (Å²) in [5.74, 6) is 2.70. The van der Waals surface area contributed by atoms with E-state index in [0.717, 1.165) is 61.6 Å². The maximum absolute atomic E-state index is 6.35. The van der Waals surface area contributed by atoms with Gasteiger partial charge in [-0.05, 0) is 73.0 Å². The van der Waals surface area contributed by atoms with Crippen LogP contribution in [0.2, 0.25) is 0 Å². The molecule has 184 valence electrons. The molecule has 0 atom stereocenters. The van der Waals surface area contributed by atoms with Gasteiger partial charge in [0.25, 0.3) is 0 Å². The van der Waals surface area contributed by atoms with Gasteiger partial charge >= 0.3 is 0 Å². The van der Waals surface area contributed by atoms with Crippen molar-refractivity contribution in [1.82, 2.24) is 20.2 Å². The van der Waals surface area contributed by atoms with E-state index in [1.165, 1.54) is 22.3 Å². The highest BCUT2D eigenvalue weighted by molar-refractivity contribution is 5.91. The lowest BCUT2D eigenvalue weighted by Gasteiger charge is -2.26. The van der Waals surface area contributed by atoms with Gasteiger partial charge in [-0.15, -0.1) is 0 Å². The number of rotatable bonds is 5. The Labute approximate surface area is 210 Å². The molecule has 0 spiro atoms. The van der Waals surface area contributed by atoms with Gasteiger partial charge in [-0.3, -0.25) is 0 Å². The molecule has 2 aliphatic heterocycles. The summed E-state index contributed by atoms with van der Waals surface area (Å²) in [5.41, 5.74) is 13.7. The molecule has 0 radical (unpaired) electrons. The van der Waals surface area contributed by atoms with Gasteiger partial charge in [-0.25, -0.2) is 9.97 Å². The Bertz CT molecular complexity index is 1450. The van der Waals surface area contributed by atoms with Crippen LogP contribution in [-0.4, -0.2) is 42.1 Å². The summed E-state index contributed by atoms with van der Waals surface area (Å²) >= 11 is 0. The molecule has 4 N–H and O–H groups in total. The zero-order valence-corrected chi connectivity index (χ0v) is 20.6. The van der Waals surface area contributed by atoms with E-state index in [1.807, 2.05) is 18.2 Å². The van der Waals surface area contributed by atoms with Crippen LogP contribution in [0.1, 0.15) is 22.3 Å². The second kappa shape index (κ2) is 9.29. The van der Waals surface area contributed by atoms with Crippen molar-refractivity contribution >= 4 is 28.2 Å². The number of hydrogen-bond donors (Lipinski definition) is 3. The number of fused-ring (bicyclic) bond motifs is 3. The molecule has 0 bridgehead atoms. The summed E-state index contributed by atoms with van der Waals surface area (Å²) in [5, 5.41) is 7.53. The topological polar surface area (TPSA) is 97.6 Å². The predicted octanol–water partition coefficient (Wildman–Crippen LogP) is 4.39. The fourth-order valence-electron chi connectivity index (χ4n) is 5.02. The minimum atomic E-state index is 0.475. The lowest BCUT2D eigenvalue weighted by atomic mass is 9.99. The Balaban J connectivity index is 1.30. The predicted molar refractivity (Wildman–Crippen MR) is 142 cm³/mol. The van der Waals surface area contributed by atoms with E-state index in [0.29, 0.717) is 22.9 Å². The molecule has 1 aromatic heterocycles. The third-order valence-corrected chi connectivity index (χ3v) is 6.98. The van der Waals surface area contributed by atoms with Crippen LogP contribution in [0.15, 0.2) is 48.7 Å². The van der Waals surface area contributed by atoms with Crippen LogP contribution in [0.25, 0.3) is 10.9 Å². The number of benzene rings is 3. The van der Waals surface area contributed by atoms with Crippen LogP contribution in [0.3, 0.4) is 0 Å². The van der Waals surface area contributed by atoms with E-state index >= 15 is 0 Å². The number of nitrogen functional groups attached to an aromatic ring is 1. The van der Waals surface area contributed by atoms with Gasteiger partial charge < -0.3 is 30.7 Å². The molecule has 3 aromatic carbocycles. The van der Waals surface area contributed by atoms with Crippen molar-refractivity contribution in [2.45, 2.75) is 25.9 Å². The van der Waals surface area contributed by atoms with Crippen molar-refractivity contribution in [3.63, 3.8) is 0 Å². The zero-order valence-electron chi connectivity index (χ0n) is 20.6. The maximum Gasteiger partial charge on any atom is 0.227 e. The first-order chi connectivity index (χ1) is 17.6. The van der Waals surface area contributed by atoms with Gasteiger partial charge in [-0.1, -0.05) is 6.07 Å². The number of hydrogen-bond acceptors (Lipinski definition) is 8. The van der Waals surface area contributed by atoms with Gasteiger partial charge in [0.1, 0.15) is 17.2 Å². The number of ether oxygens (including phenoxy) is 2. The molecule has 8 nitrogen and oxygen atoms in total. The Morgan fingerprint density at radius 2 is 1.89 bits per heavy atom. The van der Waals surface area contributed by atoms with E-state index < -0.39 is 0 Å². The average molecular weight is 483 g/mol. The second-order valence-corrected chi connectivity index (χ2v) is 9.53. The van der Waals surface area contributed by atoms with Gasteiger partial charge in [0.05, 0.1) is 18.3 Å². The standard InChI is InChI=1S/C28H30N6O2/c1-34-8-6-18-11-27(35-2)26(10-20(18)16-34)33-28-31-15-23-24(29)12-22(13-25(23)32-28)36-21-4-3-19-14-30-7-5-17(19)9-21/h3-4,9-13,15,30H,5-8,14,16,29H2,1-2H3,(H,31,32,33). The van der Waals surface area contributed by atoms with E-state index in [-0.39, 0.29) is 0 Å². The fraction of sp³-hybridized carbons (Fsp3) is 0.286. The molecule has 36 heavy (non-hydrogen) atoms. The number of methoxy groups -OCH3 is 1. The molecular weight excluding hydrogens is 452 g/mol. The summed E-state index contributed by atoms with van der Waals surface area (Å²) < 4.78 is 11.9. The number of nitrogens with two attached hydrogens (primary N) is 1. The number of nitrogens with zero attached hydrogens (tertiary/aromatic N) is 3. The van der Waals surface area contributed by atoms with E-state index in [4.69, 9.17) is 20.2 Å². The van der Waals surface area contributed by atoms with Crippen LogP contribution in [0, 0.1) is 0 Å². The highest BCUT2D eigenvalue weighted by atomic mass is 16.5. The molecule has 3 heterocycles. The minimum Gasteiger partial charge on any atom is -0.495 e. The summed E-state index contributed by atoms with van der Waals surface area (Å²) in [4.78, 5) is 11.6. The molecule has 0 saturated heterocycles. The largest absolute Gasteiger partial charge is 0.495 e. The average Bonchev–Trinajstić information content (AvgIpc) is 2.88. The lowest BCUT2D eigenvalue weighted by Crippen LogP contribution is -2.26. The molecule has 0 saturated carbocycles. The lowest BCUT2D eigenvalue weighted by molar-refractivity contribution is 0.312. The van der Waals surface area contributed by atoms with Crippen molar-refractivity contribution in [3.05, 3.63) is 70.9 Å². The SMILES string of the molecule is COc1cc2c(cc1Nc1ncc3c(N)cc(Oc4ccc5c(c4)CCNC5)cc3n1)CN(C)CC2. The molecule has 0 aliphatic carbocycles. The third-order valence-electron chi connectivity index (χ3n) is 6.98. The fourth-order valence-corrected chi connectivity index (χ4v) is 5.02. The Morgan fingerprint density at radius 1 is 1.00 bits per heavy atom. The van der Waals surface area contributed by atoms with Crippen LogP contribution in [0.4, 0.5) is 17.3 Å². The minimum absolute atomic E-state index is 0.475. The molecule has 6 rings (SSSR count). The molecule has 0 unspecified atom stereocenters. The van der Waals surface area contributed by atoms with E-state index in [2.05, 4.69) is 51.8 Å². The molecule has 0 fully saturated rings. The number of nitrogens with one attached hydrogen (secondary N) is 2. The maximum atomic E-state index is 6.35. The number of likely N-dealkylation sites (N-methyl/N-ethyl adjacent to an activating group) is 1. The molecular formula is C28H30N6O2. The Kier molecular flexibility index (Phi) is 5.83. The highest BCUT2D eigenvalue weighted by Gasteiger charge is 2.18. The van der Waals surface area contributed by atoms with Crippen molar-refractivity contribution in [3.8, 4) is 17.2 Å². The number of aromatic nitrogens is 2. The zero-order chi connectivity index (χ0) is 24.6. The molecule has 0 amide bonds. The summed E-state index contributed by atoms with van der Waals surface area (Å²) in [6, 6.07) is 14.2. The van der Waals surface area contributed by atoms with Crippen molar-refractivity contribution in [2.75, 3.05) is 38.3 Å². The number of anilines is 3. The van der Waals surface area contributed by atoms with Crippen LogP contribution < -0.4 is 25.8 Å². The first kappa shape index (κ1) is 22.6. The molecule has 8 heteroatoms. The first-order valence-electron chi connectivity index (χ1n) is 12.3. The summed E-state index contributed by atoms with van der Waals surface area (Å²) in [6.07, 6.45) is 3.75. The third kappa shape index (κ3) is 4.41. The summed E-state index contributed by atoms with van der Waals surface area (Å²) in [6.45, 7) is 3.84. The Morgan fingerprint density at radius 3 is 2.78 bits per heavy atom. The van der Waals surface area contributed by atoms with Gasteiger partial charge in [0.2, 0.25) is 5.95 Å². The van der Waals surface area contributed by atoms with Crippen LogP contribution >= 0.6 is 0 Å². The van der Waals surface area contributed by atoms with Crippen molar-refractivity contribution in [2.24, 2.45) is 0 Å². The van der Waals surface area contributed by atoms with E-state index in [1.54, 1.807) is 13.3 Å². The van der Waals surface area contributed by atoms with Crippen LogP contribution in [-0.2, 0) is 25.9 Å².